The Hall–Kier alpha value is -2.33. The summed E-state index contributed by atoms with van der Waals surface area (Å²) >= 11 is 0. The van der Waals surface area contributed by atoms with Gasteiger partial charge in [-0.15, -0.1) is 0 Å². The SMILES string of the molecule is CCOc1ccccc1NC(=O)[C@@H]([NH2+]C(C)C)c1ccccc1. The number of hydrogen-bond acceptors (Lipinski definition) is 2. The molecule has 0 bridgehead atoms. The third-order valence-electron chi connectivity index (χ3n) is 3.46. The van der Waals surface area contributed by atoms with Gasteiger partial charge in [0.25, 0.3) is 5.91 Å². The lowest BCUT2D eigenvalue weighted by Gasteiger charge is -2.19. The number of nitrogens with two attached hydrogens (primary N) is 1. The molecule has 2 aromatic rings. The van der Waals surface area contributed by atoms with Gasteiger partial charge in [-0.2, -0.15) is 0 Å². The summed E-state index contributed by atoms with van der Waals surface area (Å²) < 4.78 is 5.58. The van der Waals surface area contributed by atoms with Crippen molar-refractivity contribution in [2.24, 2.45) is 0 Å². The number of quaternary nitrogens is 1. The van der Waals surface area contributed by atoms with E-state index in [0.717, 1.165) is 5.56 Å². The van der Waals surface area contributed by atoms with E-state index in [4.69, 9.17) is 4.74 Å². The van der Waals surface area contributed by atoms with E-state index < -0.39 is 0 Å². The van der Waals surface area contributed by atoms with E-state index in [1.165, 1.54) is 0 Å². The van der Waals surface area contributed by atoms with Crippen molar-refractivity contribution in [2.75, 3.05) is 11.9 Å². The molecule has 1 amide bonds. The Bertz CT molecular complexity index is 626. The second-order valence-corrected chi connectivity index (χ2v) is 5.74. The monoisotopic (exact) mass is 313 g/mol. The molecule has 3 N–H and O–H groups in total. The van der Waals surface area contributed by atoms with Gasteiger partial charge in [0.2, 0.25) is 0 Å². The number of amides is 1. The lowest BCUT2D eigenvalue weighted by molar-refractivity contribution is -0.709. The van der Waals surface area contributed by atoms with Gasteiger partial charge in [-0.05, 0) is 32.9 Å². The normalized spacial score (nSPS) is 12.0. The molecule has 2 rings (SSSR count). The van der Waals surface area contributed by atoms with Gasteiger partial charge < -0.3 is 15.4 Å². The maximum absolute atomic E-state index is 12.8. The highest BCUT2D eigenvalue weighted by molar-refractivity contribution is 5.95. The van der Waals surface area contributed by atoms with E-state index in [-0.39, 0.29) is 11.9 Å². The molecule has 0 unspecified atom stereocenters. The molecule has 1 atom stereocenters. The number of rotatable bonds is 7. The van der Waals surface area contributed by atoms with Gasteiger partial charge in [0, 0.05) is 5.56 Å². The molecular formula is C19H25N2O2+. The van der Waals surface area contributed by atoms with Crippen molar-refractivity contribution < 1.29 is 14.8 Å². The Morgan fingerprint density at radius 1 is 1.09 bits per heavy atom. The van der Waals surface area contributed by atoms with E-state index in [9.17, 15) is 4.79 Å². The number of benzene rings is 2. The second kappa shape index (κ2) is 8.34. The predicted molar refractivity (Wildman–Crippen MR) is 92.5 cm³/mol. The van der Waals surface area contributed by atoms with Crippen LogP contribution in [0.15, 0.2) is 54.6 Å². The molecule has 0 aliphatic carbocycles. The highest BCUT2D eigenvalue weighted by Crippen LogP contribution is 2.24. The van der Waals surface area contributed by atoms with Crippen molar-refractivity contribution in [3.05, 3.63) is 60.2 Å². The molecule has 0 heterocycles. The standard InChI is InChI=1S/C19H24N2O2/c1-4-23-17-13-9-8-12-16(17)21-19(22)18(20-14(2)3)15-10-6-5-7-11-15/h5-14,18,20H,4H2,1-3H3,(H,21,22)/p+1/t18-/m0/s1. The number of nitrogens with one attached hydrogen (secondary N) is 1. The molecule has 0 spiro atoms. The van der Waals surface area contributed by atoms with Gasteiger partial charge in [0.1, 0.15) is 5.75 Å². The Morgan fingerprint density at radius 2 is 1.74 bits per heavy atom. The quantitative estimate of drug-likeness (QED) is 0.826. The summed E-state index contributed by atoms with van der Waals surface area (Å²) in [6.45, 7) is 6.65. The lowest BCUT2D eigenvalue weighted by atomic mass is 10.1. The molecule has 122 valence electrons. The maximum atomic E-state index is 12.8. The number of anilines is 1. The molecule has 4 heteroatoms. The van der Waals surface area contributed by atoms with Crippen molar-refractivity contribution >= 4 is 11.6 Å². The van der Waals surface area contributed by atoms with Crippen LogP contribution in [0.4, 0.5) is 5.69 Å². The zero-order valence-electron chi connectivity index (χ0n) is 14.0. The number of carbonyl (C=O) groups excluding carboxylic acids is 1. The fraction of sp³-hybridized carbons (Fsp3) is 0.316. The molecule has 0 fully saturated rings. The minimum atomic E-state index is -0.286. The van der Waals surface area contributed by atoms with Crippen LogP contribution in [0.25, 0.3) is 0 Å². The average molecular weight is 313 g/mol. The highest BCUT2D eigenvalue weighted by atomic mass is 16.5. The molecule has 4 nitrogen and oxygen atoms in total. The smallest absolute Gasteiger partial charge is 0.287 e. The van der Waals surface area contributed by atoms with Gasteiger partial charge in [0.05, 0.1) is 18.3 Å². The first-order chi connectivity index (χ1) is 11.1. The molecule has 0 aliphatic rings. The van der Waals surface area contributed by atoms with Gasteiger partial charge in [-0.25, -0.2) is 0 Å². The molecule has 0 radical (unpaired) electrons. The Labute approximate surface area is 137 Å². The van der Waals surface area contributed by atoms with Gasteiger partial charge in [-0.3, -0.25) is 4.79 Å². The summed E-state index contributed by atoms with van der Waals surface area (Å²) in [6.07, 6.45) is 0. The van der Waals surface area contributed by atoms with E-state index in [0.29, 0.717) is 24.1 Å². The number of hydrogen-bond donors (Lipinski definition) is 2. The van der Waals surface area contributed by atoms with E-state index in [1.807, 2.05) is 61.5 Å². The molecule has 0 saturated heterocycles. The zero-order valence-corrected chi connectivity index (χ0v) is 14.0. The van der Waals surface area contributed by atoms with Gasteiger partial charge in [-0.1, -0.05) is 42.5 Å². The molecule has 0 aromatic heterocycles. The van der Waals surface area contributed by atoms with Crippen LogP contribution in [0.2, 0.25) is 0 Å². The summed E-state index contributed by atoms with van der Waals surface area (Å²) in [4.78, 5) is 12.8. The van der Waals surface area contributed by atoms with Crippen molar-refractivity contribution in [2.45, 2.75) is 32.9 Å². The van der Waals surface area contributed by atoms with E-state index in [1.54, 1.807) is 0 Å². The van der Waals surface area contributed by atoms with Crippen molar-refractivity contribution in [1.29, 1.82) is 0 Å². The Balaban J connectivity index is 2.21. The Morgan fingerprint density at radius 3 is 2.39 bits per heavy atom. The fourth-order valence-corrected chi connectivity index (χ4v) is 2.46. The minimum Gasteiger partial charge on any atom is -0.492 e. The van der Waals surface area contributed by atoms with Crippen LogP contribution in [0.1, 0.15) is 32.4 Å². The Kier molecular flexibility index (Phi) is 6.18. The molecule has 0 saturated carbocycles. The van der Waals surface area contributed by atoms with Crippen LogP contribution in [-0.2, 0) is 4.79 Å². The zero-order chi connectivity index (χ0) is 16.7. The van der Waals surface area contributed by atoms with Gasteiger partial charge >= 0.3 is 0 Å². The third-order valence-corrected chi connectivity index (χ3v) is 3.46. The van der Waals surface area contributed by atoms with Crippen LogP contribution in [0.5, 0.6) is 5.75 Å². The van der Waals surface area contributed by atoms with Crippen LogP contribution in [0, 0.1) is 0 Å². The summed E-state index contributed by atoms with van der Waals surface area (Å²) in [5.41, 5.74) is 1.70. The van der Waals surface area contributed by atoms with E-state index >= 15 is 0 Å². The largest absolute Gasteiger partial charge is 0.492 e. The molecular weight excluding hydrogens is 288 g/mol. The number of ether oxygens (including phenoxy) is 1. The second-order valence-electron chi connectivity index (χ2n) is 5.74. The summed E-state index contributed by atoms with van der Waals surface area (Å²) in [5.74, 6) is 0.650. The van der Waals surface area contributed by atoms with Crippen LogP contribution < -0.4 is 15.4 Å². The molecule has 23 heavy (non-hydrogen) atoms. The highest BCUT2D eigenvalue weighted by Gasteiger charge is 2.25. The first-order valence-electron chi connectivity index (χ1n) is 8.04. The summed E-state index contributed by atoms with van der Waals surface area (Å²) in [6, 6.07) is 17.4. The first kappa shape index (κ1) is 17.0. The van der Waals surface area contributed by atoms with E-state index in [2.05, 4.69) is 24.5 Å². The van der Waals surface area contributed by atoms with Crippen molar-refractivity contribution in [3.63, 3.8) is 0 Å². The number of carbonyl (C=O) groups is 1. The van der Waals surface area contributed by atoms with Crippen LogP contribution in [-0.4, -0.2) is 18.6 Å². The average Bonchev–Trinajstić information content (AvgIpc) is 2.55. The topological polar surface area (TPSA) is 54.9 Å². The minimum absolute atomic E-state index is 0.0444. The summed E-state index contributed by atoms with van der Waals surface area (Å²) in [5, 5.41) is 5.07. The summed E-state index contributed by atoms with van der Waals surface area (Å²) in [7, 11) is 0. The number of para-hydroxylation sites is 2. The van der Waals surface area contributed by atoms with Crippen molar-refractivity contribution in [3.8, 4) is 5.75 Å². The predicted octanol–water partition coefficient (Wildman–Crippen LogP) is 2.74. The molecule has 2 aromatic carbocycles. The fourth-order valence-electron chi connectivity index (χ4n) is 2.46. The van der Waals surface area contributed by atoms with Gasteiger partial charge in [0.15, 0.2) is 6.04 Å². The maximum Gasteiger partial charge on any atom is 0.287 e. The third kappa shape index (κ3) is 4.83. The molecule has 0 aliphatic heterocycles. The first-order valence-corrected chi connectivity index (χ1v) is 8.04. The van der Waals surface area contributed by atoms with Crippen LogP contribution >= 0.6 is 0 Å². The lowest BCUT2D eigenvalue weighted by Crippen LogP contribution is -2.91. The van der Waals surface area contributed by atoms with Crippen LogP contribution in [0.3, 0.4) is 0 Å². The van der Waals surface area contributed by atoms with Crippen molar-refractivity contribution in [1.82, 2.24) is 0 Å².